The molecule has 5 aromatic rings. The van der Waals surface area contributed by atoms with Crippen molar-refractivity contribution < 1.29 is 29.0 Å². The molecule has 12 heteroatoms. The third kappa shape index (κ3) is 7.08. The number of aliphatic hydroxyl groups is 1. The number of hydrogen-bond donors (Lipinski definition) is 2. The lowest BCUT2D eigenvalue weighted by atomic mass is 9.82. The number of carbonyl (C=O) groups is 3. The zero-order chi connectivity index (χ0) is 45.1. The lowest BCUT2D eigenvalue weighted by Crippen LogP contribution is -2.55. The Bertz CT molecular complexity index is 2600. The number of nitrogens with one attached hydrogen (secondary N) is 1. The van der Waals surface area contributed by atoms with Gasteiger partial charge in [0.05, 0.1) is 59.3 Å². The van der Waals surface area contributed by atoms with Crippen LogP contribution in [0.3, 0.4) is 0 Å². The molecule has 11 nitrogen and oxygen atoms in total. The maximum atomic E-state index is 15.7. The first-order valence-corrected chi connectivity index (χ1v) is 26.2. The molecular weight excluding hydrogens is 831 g/mol. The van der Waals surface area contributed by atoms with Crippen LogP contribution < -0.4 is 29.9 Å². The van der Waals surface area contributed by atoms with E-state index in [1.807, 2.05) is 99.6 Å². The quantitative estimate of drug-likeness (QED) is 0.149. The van der Waals surface area contributed by atoms with Crippen LogP contribution in [0.5, 0.6) is 5.75 Å². The summed E-state index contributed by atoms with van der Waals surface area (Å²) in [6.45, 7) is 9.32. The van der Waals surface area contributed by atoms with Crippen LogP contribution in [0, 0.1) is 5.92 Å². The molecule has 336 valence electrons. The van der Waals surface area contributed by atoms with Crippen molar-refractivity contribution in [2.24, 2.45) is 5.92 Å². The Kier molecular flexibility index (Phi) is 11.2. The van der Waals surface area contributed by atoms with Gasteiger partial charge in [-0.15, -0.1) is 0 Å². The molecule has 5 aromatic carbocycles. The van der Waals surface area contributed by atoms with E-state index in [1.165, 1.54) is 5.19 Å². The van der Waals surface area contributed by atoms with Crippen LogP contribution in [0.4, 0.5) is 17.1 Å². The monoisotopic (exact) mass is 889 g/mol. The minimum Gasteiger partial charge on any atom is -0.497 e. The standard InChI is InChI=1S/C53H59N5O6Si/c1-36-49(65(3,4)44-23-21-43(63-2)22-24-44)47(31-48(60)55-33-39-15-9-8-14-38(39)30-42(55)34-59)64-53(36)45-19-10-11-20-46(45)56(51(53)62)32-37-13-12-18-41(29-37)57-35-58(40-16-6-5-7-17-40)52(50(57)61)25-27-54-28-26-52/h5-24,29,36,42,47,49,54,59H,25-28,30-35H2,1-4H3/t36-,42+,47+,49-,53+/m1/s1. The first-order chi connectivity index (χ1) is 31.5. The molecule has 0 aromatic heterocycles. The number of rotatable bonds is 10. The van der Waals surface area contributed by atoms with E-state index >= 15 is 4.79 Å². The maximum Gasteiger partial charge on any atom is 0.264 e. The molecule has 3 amide bonds. The summed E-state index contributed by atoms with van der Waals surface area (Å²) in [7, 11) is -0.879. The van der Waals surface area contributed by atoms with Crippen LogP contribution in [0.1, 0.15) is 48.4 Å². The van der Waals surface area contributed by atoms with Crippen molar-refractivity contribution in [3.63, 3.8) is 0 Å². The highest BCUT2D eigenvalue weighted by atomic mass is 28.3. The molecule has 65 heavy (non-hydrogen) atoms. The molecule has 10 rings (SSSR count). The molecule has 0 saturated carbocycles. The highest BCUT2D eigenvalue weighted by molar-refractivity contribution is 6.91. The molecule has 0 radical (unpaired) electrons. The van der Waals surface area contributed by atoms with Crippen LogP contribution >= 0.6 is 0 Å². The molecule has 0 aliphatic carbocycles. The summed E-state index contributed by atoms with van der Waals surface area (Å²) in [4.78, 5) is 52.9. The third-order valence-electron chi connectivity index (χ3n) is 15.5. The van der Waals surface area contributed by atoms with Crippen molar-refractivity contribution in [3.05, 3.63) is 150 Å². The van der Waals surface area contributed by atoms with Gasteiger partial charge >= 0.3 is 0 Å². The fraction of sp³-hybridized carbons (Fsp3) is 0.377. The van der Waals surface area contributed by atoms with E-state index in [4.69, 9.17) is 9.47 Å². The number of nitrogens with zero attached hydrogens (tertiary/aromatic N) is 4. The van der Waals surface area contributed by atoms with Gasteiger partial charge in [0.25, 0.3) is 11.8 Å². The Hall–Kier alpha value is -5.79. The Morgan fingerprint density at radius 3 is 2.28 bits per heavy atom. The number of carbonyl (C=O) groups excluding carboxylic acids is 3. The Morgan fingerprint density at radius 1 is 0.846 bits per heavy atom. The predicted octanol–water partition coefficient (Wildman–Crippen LogP) is 6.73. The minimum absolute atomic E-state index is 0.0842. The summed E-state index contributed by atoms with van der Waals surface area (Å²) in [5, 5.41) is 15.2. The van der Waals surface area contributed by atoms with E-state index in [1.54, 1.807) is 7.11 Å². The molecule has 2 spiro atoms. The number of anilines is 3. The number of amides is 3. The van der Waals surface area contributed by atoms with Crippen molar-refractivity contribution in [1.82, 2.24) is 10.2 Å². The molecule has 0 unspecified atom stereocenters. The average Bonchev–Trinajstić information content (AvgIpc) is 3.88. The third-order valence-corrected chi connectivity index (χ3v) is 19.9. The largest absolute Gasteiger partial charge is 0.497 e. The maximum absolute atomic E-state index is 15.7. The lowest BCUT2D eigenvalue weighted by molar-refractivity contribution is -0.151. The summed E-state index contributed by atoms with van der Waals surface area (Å²) < 4.78 is 12.9. The Labute approximate surface area is 383 Å². The zero-order valence-electron chi connectivity index (χ0n) is 37.8. The van der Waals surface area contributed by atoms with Crippen LogP contribution in [0.25, 0.3) is 0 Å². The predicted molar refractivity (Wildman–Crippen MR) is 256 cm³/mol. The van der Waals surface area contributed by atoms with Crippen LogP contribution in [0.15, 0.2) is 127 Å². The molecule has 5 atom stereocenters. The number of fused-ring (bicyclic) bond motifs is 3. The minimum atomic E-state index is -2.54. The zero-order valence-corrected chi connectivity index (χ0v) is 38.8. The van der Waals surface area contributed by atoms with Gasteiger partial charge in [0, 0.05) is 29.4 Å². The molecule has 5 aliphatic rings. The van der Waals surface area contributed by atoms with Gasteiger partial charge in [-0.3, -0.25) is 19.3 Å². The Balaban J connectivity index is 0.983. The second kappa shape index (κ2) is 16.9. The Morgan fingerprint density at radius 2 is 1.54 bits per heavy atom. The van der Waals surface area contributed by atoms with Crippen LogP contribution in [0.2, 0.25) is 18.6 Å². The SMILES string of the molecule is COc1ccc([Si](C)(C)[C@H]2[C@H](CC(=O)N3Cc4ccccc4C[C@H]3CO)O[C@@]3(C(=O)N(Cc4cccc(N5CN(c6ccccc6)C6(CCNCC6)C5=O)c4)c4ccccc43)[C@@H]2C)cc1. The van der Waals surface area contributed by atoms with Gasteiger partial charge in [0.15, 0.2) is 5.60 Å². The van der Waals surface area contributed by atoms with Crippen LogP contribution in [-0.4, -0.2) is 87.0 Å². The van der Waals surface area contributed by atoms with E-state index in [2.05, 4.69) is 72.7 Å². The highest BCUT2D eigenvalue weighted by Gasteiger charge is 2.66. The summed E-state index contributed by atoms with van der Waals surface area (Å²) in [6, 6.07) is 42.2. The molecule has 3 saturated heterocycles. The summed E-state index contributed by atoms with van der Waals surface area (Å²) in [5.41, 5.74) is 4.46. The summed E-state index contributed by atoms with van der Waals surface area (Å²) >= 11 is 0. The molecule has 3 fully saturated rings. The van der Waals surface area contributed by atoms with Gasteiger partial charge in [-0.05, 0) is 97.0 Å². The van der Waals surface area contributed by atoms with Crippen molar-refractivity contribution in [2.45, 2.75) is 87.6 Å². The fourth-order valence-corrected chi connectivity index (χ4v) is 16.1. The molecule has 5 heterocycles. The van der Waals surface area contributed by atoms with Crippen LogP contribution in [-0.2, 0) is 44.2 Å². The van der Waals surface area contributed by atoms with Gasteiger partial charge in [0.1, 0.15) is 11.3 Å². The second-order valence-corrected chi connectivity index (χ2v) is 23.9. The van der Waals surface area contributed by atoms with E-state index in [0.29, 0.717) is 19.6 Å². The van der Waals surface area contributed by atoms with E-state index < -0.39 is 25.3 Å². The van der Waals surface area contributed by atoms with Crippen molar-refractivity contribution in [2.75, 3.05) is 48.2 Å². The molecule has 2 N–H and O–H groups in total. The van der Waals surface area contributed by atoms with Gasteiger partial charge in [-0.25, -0.2) is 0 Å². The topological polar surface area (TPSA) is 115 Å². The smallest absolute Gasteiger partial charge is 0.264 e. The fourth-order valence-electron chi connectivity index (χ4n) is 12.1. The van der Waals surface area contributed by atoms with E-state index in [9.17, 15) is 14.7 Å². The van der Waals surface area contributed by atoms with E-state index in [-0.39, 0.29) is 54.8 Å². The first kappa shape index (κ1) is 43.1. The molecule has 0 bridgehead atoms. The number of para-hydroxylation sites is 2. The van der Waals surface area contributed by atoms with Gasteiger partial charge in [-0.1, -0.05) is 110 Å². The average molecular weight is 890 g/mol. The van der Waals surface area contributed by atoms with Gasteiger partial charge in [-0.2, -0.15) is 0 Å². The highest BCUT2D eigenvalue weighted by Crippen LogP contribution is 2.60. The lowest BCUT2D eigenvalue weighted by Gasteiger charge is -2.39. The normalized spacial score (nSPS) is 24.8. The van der Waals surface area contributed by atoms with Crippen molar-refractivity contribution >= 4 is 48.0 Å². The number of ether oxygens (including phenoxy) is 2. The number of piperidine rings is 1. The van der Waals surface area contributed by atoms with Crippen molar-refractivity contribution in [1.29, 1.82) is 0 Å². The van der Waals surface area contributed by atoms with Gasteiger partial charge in [0.2, 0.25) is 5.91 Å². The van der Waals surface area contributed by atoms with E-state index in [0.717, 1.165) is 71.0 Å². The number of benzene rings is 5. The molecular formula is C53H59N5O6Si. The number of aliphatic hydroxyl groups excluding tert-OH is 1. The second-order valence-electron chi connectivity index (χ2n) is 19.2. The van der Waals surface area contributed by atoms with Gasteiger partial charge < -0.3 is 34.6 Å². The summed E-state index contributed by atoms with van der Waals surface area (Å²) in [5.74, 6) is 0.350. The molecule has 5 aliphatic heterocycles. The first-order valence-electron chi connectivity index (χ1n) is 23.2. The van der Waals surface area contributed by atoms with Crippen molar-refractivity contribution in [3.8, 4) is 5.75 Å². The summed E-state index contributed by atoms with van der Waals surface area (Å²) in [6.07, 6.45) is 1.53. The number of methoxy groups -OCH3 is 1. The number of hydrogen-bond acceptors (Lipinski definition) is 8.